The minimum atomic E-state index is -1.21. The van der Waals surface area contributed by atoms with Crippen LogP contribution in [-0.4, -0.2) is 54.8 Å². The highest BCUT2D eigenvalue weighted by molar-refractivity contribution is 5.68. The second-order valence-electron chi connectivity index (χ2n) is 4.32. The molecule has 19 heavy (non-hydrogen) atoms. The van der Waals surface area contributed by atoms with E-state index >= 15 is 0 Å². The zero-order valence-electron chi connectivity index (χ0n) is 9.70. The molecule has 0 bridgehead atoms. The molecule has 4 atom stereocenters. The van der Waals surface area contributed by atoms with Crippen molar-refractivity contribution in [1.29, 1.82) is 0 Å². The van der Waals surface area contributed by atoms with Crippen molar-refractivity contribution in [3.05, 3.63) is 24.1 Å². The lowest BCUT2D eigenvalue weighted by Gasteiger charge is -2.14. The molecule has 2 aromatic heterocycles. The average molecular weight is 268 g/mol. The summed E-state index contributed by atoms with van der Waals surface area (Å²) in [4.78, 5) is 7.89. The van der Waals surface area contributed by atoms with E-state index in [0.29, 0.717) is 15.9 Å². The van der Waals surface area contributed by atoms with Crippen LogP contribution in [0.25, 0.3) is 11.2 Å². The first-order valence-corrected chi connectivity index (χ1v) is 5.65. The lowest BCUT2D eigenvalue weighted by Crippen LogP contribution is -2.33. The molecular weight excluding hydrogens is 256 g/mol. The van der Waals surface area contributed by atoms with Gasteiger partial charge in [-0.1, -0.05) is 0 Å². The Kier molecular flexibility index (Phi) is 2.82. The van der Waals surface area contributed by atoms with Crippen molar-refractivity contribution in [2.75, 3.05) is 6.61 Å². The zero-order chi connectivity index (χ0) is 13.6. The smallest absolute Gasteiger partial charge is 0.291 e. The van der Waals surface area contributed by atoms with E-state index in [9.17, 15) is 15.4 Å². The molecule has 0 aliphatic carbocycles. The van der Waals surface area contributed by atoms with Crippen LogP contribution < -0.4 is 4.73 Å². The second kappa shape index (κ2) is 4.38. The van der Waals surface area contributed by atoms with Crippen LogP contribution in [0.4, 0.5) is 0 Å². The Morgan fingerprint density at radius 1 is 1.37 bits per heavy atom. The van der Waals surface area contributed by atoms with E-state index in [4.69, 9.17) is 9.84 Å². The summed E-state index contributed by atoms with van der Waals surface area (Å²) in [5, 5.41) is 39.7. The Balaban J connectivity index is 2.01. The maximum Gasteiger partial charge on any atom is 0.291 e. The molecule has 0 spiro atoms. The minimum Gasteiger partial charge on any atom is -0.711 e. The molecule has 9 heteroatoms. The van der Waals surface area contributed by atoms with E-state index in [-0.39, 0.29) is 0 Å². The van der Waals surface area contributed by atoms with E-state index in [1.54, 1.807) is 0 Å². The van der Waals surface area contributed by atoms with Crippen LogP contribution in [0.1, 0.15) is 6.23 Å². The van der Waals surface area contributed by atoms with E-state index in [1.807, 2.05) is 0 Å². The summed E-state index contributed by atoms with van der Waals surface area (Å²) >= 11 is 0. The Morgan fingerprint density at radius 2 is 2.16 bits per heavy atom. The molecule has 0 unspecified atom stereocenters. The maximum atomic E-state index is 11.1. The number of rotatable bonds is 2. The third-order valence-corrected chi connectivity index (χ3v) is 3.13. The van der Waals surface area contributed by atoms with Crippen LogP contribution in [0, 0.1) is 5.21 Å². The number of fused-ring (bicyclic) bond motifs is 1. The Morgan fingerprint density at radius 3 is 2.84 bits per heavy atom. The molecule has 1 aliphatic rings. The zero-order valence-corrected chi connectivity index (χ0v) is 9.70. The van der Waals surface area contributed by atoms with Crippen molar-refractivity contribution in [2.24, 2.45) is 0 Å². The van der Waals surface area contributed by atoms with Crippen molar-refractivity contribution in [2.45, 2.75) is 24.5 Å². The molecule has 0 aromatic carbocycles. The summed E-state index contributed by atoms with van der Waals surface area (Å²) in [6.45, 7) is -0.407. The van der Waals surface area contributed by atoms with Crippen molar-refractivity contribution in [3.63, 3.8) is 0 Å². The van der Waals surface area contributed by atoms with Crippen LogP contribution in [0.15, 0.2) is 18.9 Å². The van der Waals surface area contributed by atoms with Gasteiger partial charge in [-0.2, -0.15) is 0 Å². The normalized spacial score (nSPS) is 31.1. The average Bonchev–Trinajstić information content (AvgIpc) is 2.92. The molecule has 3 heterocycles. The molecule has 0 saturated carbocycles. The van der Waals surface area contributed by atoms with Crippen LogP contribution in [0.5, 0.6) is 0 Å². The maximum absolute atomic E-state index is 11.1. The van der Waals surface area contributed by atoms with Gasteiger partial charge >= 0.3 is 0 Å². The highest BCUT2D eigenvalue weighted by Crippen LogP contribution is 2.30. The van der Waals surface area contributed by atoms with Crippen molar-refractivity contribution >= 4 is 11.2 Å². The van der Waals surface area contributed by atoms with Crippen LogP contribution >= 0.6 is 0 Å². The quantitative estimate of drug-likeness (QED) is 0.412. The topological polar surface area (TPSA) is 128 Å². The molecule has 1 saturated heterocycles. The highest BCUT2D eigenvalue weighted by atomic mass is 16.6. The molecule has 2 aromatic rings. The van der Waals surface area contributed by atoms with Gasteiger partial charge in [0.2, 0.25) is 0 Å². The molecule has 3 N–H and O–H groups in total. The largest absolute Gasteiger partial charge is 0.711 e. The van der Waals surface area contributed by atoms with Gasteiger partial charge in [0.05, 0.1) is 6.61 Å². The van der Waals surface area contributed by atoms with Gasteiger partial charge in [-0.15, -0.1) is 0 Å². The van der Waals surface area contributed by atoms with E-state index in [1.165, 1.54) is 17.1 Å². The number of aromatic nitrogens is 4. The summed E-state index contributed by atoms with van der Waals surface area (Å²) in [5.41, 5.74) is 0.692. The minimum absolute atomic E-state index is 0.343. The summed E-state index contributed by atoms with van der Waals surface area (Å²) in [7, 11) is 0. The molecule has 0 radical (unpaired) electrons. The highest BCUT2D eigenvalue weighted by Gasteiger charge is 2.44. The Hall–Kier alpha value is -1.81. The number of hydrogen-bond acceptors (Lipinski definition) is 7. The molecular formula is C10H12N4O5. The monoisotopic (exact) mass is 268 g/mol. The number of aliphatic hydroxyl groups excluding tert-OH is 3. The molecule has 1 fully saturated rings. The van der Waals surface area contributed by atoms with Crippen molar-refractivity contribution in [3.8, 4) is 0 Å². The van der Waals surface area contributed by atoms with Gasteiger partial charge < -0.3 is 25.3 Å². The lowest BCUT2D eigenvalue weighted by molar-refractivity contribution is -0.607. The third kappa shape index (κ3) is 1.83. The fourth-order valence-electron chi connectivity index (χ4n) is 2.15. The fourth-order valence-corrected chi connectivity index (χ4v) is 2.15. The summed E-state index contributed by atoms with van der Waals surface area (Å²) < 4.78 is 7.29. The van der Waals surface area contributed by atoms with Crippen molar-refractivity contribution < 1.29 is 24.8 Å². The van der Waals surface area contributed by atoms with Crippen LogP contribution in [0.2, 0.25) is 0 Å². The van der Waals surface area contributed by atoms with Gasteiger partial charge in [0, 0.05) is 0 Å². The molecule has 1 aliphatic heterocycles. The first-order chi connectivity index (χ1) is 9.11. The van der Waals surface area contributed by atoms with Crippen LogP contribution in [-0.2, 0) is 4.74 Å². The first-order valence-electron chi connectivity index (χ1n) is 5.65. The van der Waals surface area contributed by atoms with Gasteiger partial charge in [-0.05, 0) is 4.98 Å². The number of nitrogens with zero attached hydrogens (tertiary/aromatic N) is 4. The number of aliphatic hydroxyl groups is 3. The standard InChI is InChI=1S/C10H12N4O5/c15-2-6-7(16)8(17)10(19-6)14-4-11-5-1-13(18)3-12-9(5)14/h1,3-4,6-8,10,15-17H,2H2/t6-,7-,8-,10-/m1/s1. The van der Waals surface area contributed by atoms with Gasteiger partial charge in [-0.25, -0.2) is 9.71 Å². The van der Waals surface area contributed by atoms with Crippen LogP contribution in [0.3, 0.4) is 0 Å². The molecule has 3 rings (SSSR count). The Bertz CT molecular complexity index is 603. The van der Waals surface area contributed by atoms with Gasteiger partial charge in [0.25, 0.3) is 12.0 Å². The van der Waals surface area contributed by atoms with Crippen molar-refractivity contribution in [1.82, 2.24) is 14.5 Å². The predicted molar refractivity (Wildman–Crippen MR) is 59.5 cm³/mol. The number of ether oxygens (including phenoxy) is 1. The van der Waals surface area contributed by atoms with Gasteiger partial charge in [0.15, 0.2) is 11.7 Å². The van der Waals surface area contributed by atoms with E-state index in [2.05, 4.69) is 9.97 Å². The molecule has 9 nitrogen and oxygen atoms in total. The lowest BCUT2D eigenvalue weighted by atomic mass is 10.1. The summed E-state index contributed by atoms with van der Waals surface area (Å²) in [6.07, 6.45) is -0.533. The Labute approximate surface area is 106 Å². The van der Waals surface area contributed by atoms with Gasteiger partial charge in [0.1, 0.15) is 30.8 Å². The molecule has 0 amide bonds. The fraction of sp³-hybridized carbons (Fsp3) is 0.500. The van der Waals surface area contributed by atoms with E-state index in [0.717, 1.165) is 6.33 Å². The SMILES string of the molecule is [O-][n+]1cnc2c(c1)ncn2[C@@H]1O[C@H](CO)[C@@H](O)[C@H]1O. The third-order valence-electron chi connectivity index (χ3n) is 3.13. The summed E-state index contributed by atoms with van der Waals surface area (Å²) in [6, 6.07) is 0. The second-order valence-corrected chi connectivity index (χ2v) is 4.32. The number of hydrogen-bond donors (Lipinski definition) is 3. The summed E-state index contributed by atoms with van der Waals surface area (Å²) in [5.74, 6) is 0. The molecule has 102 valence electrons. The van der Waals surface area contributed by atoms with E-state index < -0.39 is 31.1 Å². The number of imidazole rings is 1. The predicted octanol–water partition coefficient (Wildman–Crippen LogP) is -2.32. The van der Waals surface area contributed by atoms with Gasteiger partial charge in [-0.3, -0.25) is 4.57 Å². The first kappa shape index (κ1) is 12.2.